The molecule has 8 heteroatoms. The van der Waals surface area contributed by atoms with Crippen molar-refractivity contribution in [3.05, 3.63) is 35.4 Å². The van der Waals surface area contributed by atoms with E-state index in [2.05, 4.69) is 11.8 Å². The van der Waals surface area contributed by atoms with Gasteiger partial charge in [0.15, 0.2) is 0 Å². The Hall–Kier alpha value is -3.31. The molecule has 2 aliphatic carbocycles. The van der Waals surface area contributed by atoms with Gasteiger partial charge in [-0.2, -0.15) is 5.10 Å². The normalized spacial score (nSPS) is 24.8. The molecule has 3 aliphatic rings. The van der Waals surface area contributed by atoms with Crippen molar-refractivity contribution in [2.24, 2.45) is 17.1 Å². The van der Waals surface area contributed by atoms with E-state index in [-0.39, 0.29) is 28.7 Å². The number of amides is 2. The minimum Gasteiger partial charge on any atom is -0.388 e. The van der Waals surface area contributed by atoms with Gasteiger partial charge in [-0.1, -0.05) is 30.2 Å². The highest BCUT2D eigenvalue weighted by molar-refractivity contribution is 6.03. The van der Waals surface area contributed by atoms with Crippen LogP contribution in [0.1, 0.15) is 73.5 Å². The van der Waals surface area contributed by atoms with Crippen molar-refractivity contribution in [3.63, 3.8) is 0 Å². The predicted octanol–water partition coefficient (Wildman–Crippen LogP) is 2.64. The molecule has 1 aromatic heterocycles. The van der Waals surface area contributed by atoms with Crippen molar-refractivity contribution in [1.82, 2.24) is 14.7 Å². The summed E-state index contributed by atoms with van der Waals surface area (Å²) in [6, 6.07) is 7.53. The third-order valence-corrected chi connectivity index (χ3v) is 7.65. The van der Waals surface area contributed by atoms with E-state index in [1.807, 2.05) is 29.2 Å². The fourth-order valence-corrected chi connectivity index (χ4v) is 5.71. The number of primary amides is 1. The number of anilines is 1. The minimum absolute atomic E-state index is 0.0417. The third kappa shape index (κ3) is 3.94. The van der Waals surface area contributed by atoms with Crippen LogP contribution in [0.25, 0.3) is 11.3 Å². The van der Waals surface area contributed by atoms with Crippen LogP contribution in [0.5, 0.6) is 0 Å². The average molecular weight is 462 g/mol. The fourth-order valence-electron chi connectivity index (χ4n) is 5.71. The molecule has 0 radical (unpaired) electrons. The SMILES string of the molecule is CC#CC(=O)N1CCCC2(CC(n3nc(-c4ccc(C(O)C5CC5)cc4)c(C(N)=O)c3N)C2)C1. The molecule has 1 atom stereocenters. The molecule has 0 bridgehead atoms. The van der Waals surface area contributed by atoms with Gasteiger partial charge in [0.2, 0.25) is 0 Å². The highest BCUT2D eigenvalue weighted by Crippen LogP contribution is 2.54. The maximum Gasteiger partial charge on any atom is 0.298 e. The number of nitrogens with zero attached hydrogens (tertiary/aromatic N) is 3. The van der Waals surface area contributed by atoms with Crippen LogP contribution in [0, 0.1) is 23.2 Å². The molecule has 2 aromatic rings. The summed E-state index contributed by atoms with van der Waals surface area (Å²) in [5.74, 6) is 5.24. The summed E-state index contributed by atoms with van der Waals surface area (Å²) in [7, 11) is 0. The first-order valence-electron chi connectivity index (χ1n) is 12.0. The number of aliphatic hydroxyl groups excluding tert-OH is 1. The average Bonchev–Trinajstić information content (AvgIpc) is 3.60. The van der Waals surface area contributed by atoms with Gasteiger partial charge in [0.25, 0.3) is 11.8 Å². The van der Waals surface area contributed by atoms with E-state index in [1.54, 1.807) is 11.6 Å². The number of nitrogen functional groups attached to an aromatic ring is 1. The predicted molar refractivity (Wildman–Crippen MR) is 128 cm³/mol. The Morgan fingerprint density at radius 1 is 1.24 bits per heavy atom. The van der Waals surface area contributed by atoms with Gasteiger partial charge >= 0.3 is 0 Å². The van der Waals surface area contributed by atoms with Gasteiger partial charge in [-0.15, -0.1) is 0 Å². The van der Waals surface area contributed by atoms with E-state index in [9.17, 15) is 14.7 Å². The van der Waals surface area contributed by atoms with Crippen LogP contribution < -0.4 is 11.5 Å². The second-order valence-corrected chi connectivity index (χ2v) is 10.1. The Labute approximate surface area is 199 Å². The molecule has 1 aliphatic heterocycles. The van der Waals surface area contributed by atoms with Crippen LogP contribution >= 0.6 is 0 Å². The van der Waals surface area contributed by atoms with Crippen molar-refractivity contribution in [2.45, 2.75) is 57.6 Å². The van der Waals surface area contributed by atoms with E-state index in [0.29, 0.717) is 18.2 Å². The molecule has 3 fully saturated rings. The van der Waals surface area contributed by atoms with Crippen molar-refractivity contribution >= 4 is 17.6 Å². The molecule has 5 N–H and O–H groups in total. The van der Waals surface area contributed by atoms with Crippen LogP contribution in [0.15, 0.2) is 24.3 Å². The van der Waals surface area contributed by atoms with Crippen molar-refractivity contribution in [3.8, 4) is 23.1 Å². The maximum atomic E-state index is 12.3. The molecule has 1 unspecified atom stereocenters. The molecular weight excluding hydrogens is 430 g/mol. The van der Waals surface area contributed by atoms with Crippen LogP contribution in [-0.2, 0) is 4.79 Å². The van der Waals surface area contributed by atoms with Gasteiger partial charge in [0, 0.05) is 18.7 Å². The lowest BCUT2D eigenvalue weighted by molar-refractivity contribution is -0.131. The zero-order chi connectivity index (χ0) is 24.0. The molecule has 5 rings (SSSR count). The molecule has 2 amide bonds. The number of benzene rings is 1. The Bertz CT molecular complexity index is 1180. The maximum absolute atomic E-state index is 12.3. The van der Waals surface area contributed by atoms with E-state index in [1.165, 1.54) is 0 Å². The highest BCUT2D eigenvalue weighted by Gasteiger charge is 2.49. The first kappa shape index (κ1) is 22.5. The standard InChI is InChI=1S/C26H31N5O3/c1-2-4-20(32)30-12-3-11-26(15-30)13-19(14-26)31-24(27)21(25(28)34)22(29-31)16-5-7-17(8-6-16)23(33)18-9-10-18/h5-8,18-19,23,33H,3,9-15,27H2,1H3,(H2,28,34). The highest BCUT2D eigenvalue weighted by atomic mass is 16.3. The van der Waals surface area contributed by atoms with Gasteiger partial charge < -0.3 is 21.5 Å². The van der Waals surface area contributed by atoms with Crippen molar-refractivity contribution in [2.75, 3.05) is 18.8 Å². The topological polar surface area (TPSA) is 127 Å². The van der Waals surface area contributed by atoms with Crippen LogP contribution in [0.3, 0.4) is 0 Å². The quantitative estimate of drug-likeness (QED) is 0.590. The number of hydrogen-bond donors (Lipinski definition) is 3. The monoisotopic (exact) mass is 461 g/mol. The number of carbonyl (C=O) groups is 2. The van der Waals surface area contributed by atoms with Crippen LogP contribution in [0.4, 0.5) is 5.82 Å². The molecule has 8 nitrogen and oxygen atoms in total. The molecule has 178 valence electrons. The van der Waals surface area contributed by atoms with E-state index < -0.39 is 12.0 Å². The molecule has 1 saturated heterocycles. The molecule has 1 aromatic carbocycles. The number of nitrogens with two attached hydrogens (primary N) is 2. The lowest BCUT2D eigenvalue weighted by atomic mass is 9.61. The number of aromatic nitrogens is 2. The Morgan fingerprint density at radius 2 is 1.94 bits per heavy atom. The number of rotatable bonds is 5. The zero-order valence-corrected chi connectivity index (χ0v) is 19.5. The number of aliphatic hydroxyl groups is 1. The lowest BCUT2D eigenvalue weighted by Crippen LogP contribution is -2.52. The zero-order valence-electron chi connectivity index (χ0n) is 19.5. The number of piperidine rings is 1. The third-order valence-electron chi connectivity index (χ3n) is 7.65. The summed E-state index contributed by atoms with van der Waals surface area (Å²) >= 11 is 0. The van der Waals surface area contributed by atoms with Gasteiger partial charge in [0.05, 0.1) is 12.1 Å². The van der Waals surface area contributed by atoms with Gasteiger partial charge in [-0.05, 0) is 68.3 Å². The molecule has 34 heavy (non-hydrogen) atoms. The summed E-state index contributed by atoms with van der Waals surface area (Å²) in [5.41, 5.74) is 14.4. The summed E-state index contributed by atoms with van der Waals surface area (Å²) < 4.78 is 1.74. The van der Waals surface area contributed by atoms with Crippen LogP contribution in [-0.4, -0.2) is 44.7 Å². The number of hydrogen-bond acceptors (Lipinski definition) is 5. The fraction of sp³-hybridized carbons (Fsp3) is 0.500. The Morgan fingerprint density at radius 3 is 2.56 bits per heavy atom. The van der Waals surface area contributed by atoms with Crippen molar-refractivity contribution < 1.29 is 14.7 Å². The number of likely N-dealkylation sites (tertiary alicyclic amines) is 1. The second kappa shape index (κ2) is 8.48. The summed E-state index contributed by atoms with van der Waals surface area (Å²) in [5, 5.41) is 15.1. The van der Waals surface area contributed by atoms with Gasteiger partial charge in [0.1, 0.15) is 17.1 Å². The minimum atomic E-state index is -0.609. The first-order valence-corrected chi connectivity index (χ1v) is 12.0. The molecule has 1 spiro atoms. The number of carbonyl (C=O) groups excluding carboxylic acids is 2. The van der Waals surface area contributed by atoms with Crippen LogP contribution in [0.2, 0.25) is 0 Å². The van der Waals surface area contributed by atoms with E-state index >= 15 is 0 Å². The summed E-state index contributed by atoms with van der Waals surface area (Å²) in [6.45, 7) is 3.11. The Balaban J connectivity index is 1.37. The largest absolute Gasteiger partial charge is 0.388 e. The van der Waals surface area contributed by atoms with Crippen molar-refractivity contribution in [1.29, 1.82) is 0 Å². The van der Waals surface area contributed by atoms with Gasteiger partial charge in [-0.3, -0.25) is 9.59 Å². The molecule has 2 saturated carbocycles. The Kier molecular flexibility index (Phi) is 5.61. The first-order chi connectivity index (χ1) is 16.3. The summed E-state index contributed by atoms with van der Waals surface area (Å²) in [4.78, 5) is 26.4. The smallest absolute Gasteiger partial charge is 0.298 e. The van der Waals surface area contributed by atoms with E-state index in [4.69, 9.17) is 16.6 Å². The van der Waals surface area contributed by atoms with Gasteiger partial charge in [-0.25, -0.2) is 4.68 Å². The lowest BCUT2D eigenvalue weighted by Gasteiger charge is -2.52. The summed E-state index contributed by atoms with van der Waals surface area (Å²) in [6.07, 6.45) is 5.33. The van der Waals surface area contributed by atoms with E-state index in [0.717, 1.165) is 56.2 Å². The second-order valence-electron chi connectivity index (χ2n) is 10.1. The molecule has 2 heterocycles. The molecular formula is C26H31N5O3.